The Labute approximate surface area is 119 Å². The molecule has 0 fully saturated rings. The van der Waals surface area contributed by atoms with E-state index in [1.54, 1.807) is 25.3 Å². The van der Waals surface area contributed by atoms with E-state index in [0.29, 0.717) is 23.6 Å². The molecule has 20 heavy (non-hydrogen) atoms. The Morgan fingerprint density at radius 2 is 2.15 bits per heavy atom. The number of hydrogen-bond donors (Lipinski definition) is 0. The molecule has 0 aliphatic carbocycles. The lowest BCUT2D eigenvalue weighted by molar-refractivity contribution is -0.118. The summed E-state index contributed by atoms with van der Waals surface area (Å²) in [6, 6.07) is 5.40. The Morgan fingerprint density at radius 1 is 1.35 bits per heavy atom. The molecule has 1 aliphatic heterocycles. The van der Waals surface area contributed by atoms with Crippen LogP contribution in [0.3, 0.4) is 0 Å². The first-order valence-electron chi connectivity index (χ1n) is 6.97. The molecule has 0 atom stereocenters. The predicted octanol–water partition coefficient (Wildman–Crippen LogP) is 3.33. The van der Waals surface area contributed by atoms with Crippen LogP contribution in [0.15, 0.2) is 23.3 Å². The van der Waals surface area contributed by atoms with E-state index in [9.17, 15) is 4.79 Å². The van der Waals surface area contributed by atoms with Crippen molar-refractivity contribution in [1.82, 2.24) is 0 Å². The lowest BCUT2D eigenvalue weighted by Gasteiger charge is -2.17. The Bertz CT molecular complexity index is 500. The third-order valence-electron chi connectivity index (χ3n) is 3.06. The van der Waals surface area contributed by atoms with Crippen LogP contribution in [0.4, 0.5) is 5.69 Å². The molecule has 5 heteroatoms. The van der Waals surface area contributed by atoms with Crippen LogP contribution in [0, 0.1) is 0 Å². The minimum atomic E-state index is -0.00425. The normalized spacial score (nSPS) is 12.9. The van der Waals surface area contributed by atoms with Gasteiger partial charge in [-0.15, -0.1) is 0 Å². The number of nitrogens with zero attached hydrogens (tertiary/aromatic N) is 2. The van der Waals surface area contributed by atoms with Gasteiger partial charge in [-0.05, 0) is 25.5 Å². The highest BCUT2D eigenvalue weighted by Crippen LogP contribution is 2.35. The summed E-state index contributed by atoms with van der Waals surface area (Å²) in [5.41, 5.74) is 0.703. The lowest BCUT2D eigenvalue weighted by atomic mass is 10.2. The van der Waals surface area contributed by atoms with Crippen molar-refractivity contribution in [2.24, 2.45) is 5.10 Å². The summed E-state index contributed by atoms with van der Waals surface area (Å²) in [6.45, 7) is 4.13. The molecule has 1 amide bonds. The van der Waals surface area contributed by atoms with Crippen molar-refractivity contribution in [2.45, 2.75) is 39.5 Å². The molecule has 0 spiro atoms. The van der Waals surface area contributed by atoms with Crippen molar-refractivity contribution in [2.75, 3.05) is 11.8 Å². The Kier molecular flexibility index (Phi) is 4.98. The molecule has 1 aliphatic rings. The van der Waals surface area contributed by atoms with Gasteiger partial charge < -0.3 is 9.47 Å². The topological polar surface area (TPSA) is 51.1 Å². The molecule has 5 nitrogen and oxygen atoms in total. The van der Waals surface area contributed by atoms with Gasteiger partial charge in [0, 0.05) is 18.7 Å². The number of fused-ring (bicyclic) bond motifs is 1. The molecular formula is C15H20N2O3. The smallest absolute Gasteiger partial charge is 0.247 e. The first kappa shape index (κ1) is 14.4. The summed E-state index contributed by atoms with van der Waals surface area (Å²) < 4.78 is 10.6. The van der Waals surface area contributed by atoms with Gasteiger partial charge in [-0.3, -0.25) is 4.79 Å². The Morgan fingerprint density at radius 3 is 2.90 bits per heavy atom. The Balaban J connectivity index is 2.13. The van der Waals surface area contributed by atoms with Crippen molar-refractivity contribution in [3.8, 4) is 11.5 Å². The number of carbonyl (C=O) groups excluding carboxylic acids is 1. The molecule has 0 unspecified atom stereocenters. The minimum absolute atomic E-state index is 0.00425. The van der Waals surface area contributed by atoms with Gasteiger partial charge in [-0.25, -0.2) is 5.01 Å². The summed E-state index contributed by atoms with van der Waals surface area (Å²) in [5, 5.41) is 5.59. The van der Waals surface area contributed by atoms with Crippen molar-refractivity contribution in [3.63, 3.8) is 0 Å². The summed E-state index contributed by atoms with van der Waals surface area (Å²) in [6.07, 6.45) is 5.14. The first-order valence-corrected chi connectivity index (χ1v) is 6.97. The second kappa shape index (κ2) is 6.93. The molecule has 1 heterocycles. The molecule has 0 N–H and O–H groups in total. The van der Waals surface area contributed by atoms with Crippen LogP contribution in [0.2, 0.25) is 0 Å². The van der Waals surface area contributed by atoms with Crippen LogP contribution in [0.5, 0.6) is 11.5 Å². The SMILES string of the molecule is CC=NN(C(=O)CCCCC)c1ccc2c(c1)OCO2. The van der Waals surface area contributed by atoms with Gasteiger partial charge in [0.1, 0.15) is 0 Å². The van der Waals surface area contributed by atoms with Crippen LogP contribution in [0.25, 0.3) is 0 Å². The molecular weight excluding hydrogens is 256 g/mol. The number of anilines is 1. The van der Waals surface area contributed by atoms with E-state index in [4.69, 9.17) is 9.47 Å². The number of carbonyl (C=O) groups is 1. The van der Waals surface area contributed by atoms with Crippen molar-refractivity contribution in [1.29, 1.82) is 0 Å². The number of hydrogen-bond acceptors (Lipinski definition) is 4. The van der Waals surface area contributed by atoms with Gasteiger partial charge in [0.15, 0.2) is 11.5 Å². The van der Waals surface area contributed by atoms with Gasteiger partial charge in [0.05, 0.1) is 5.69 Å². The summed E-state index contributed by atoms with van der Waals surface area (Å²) in [4.78, 5) is 12.2. The van der Waals surface area contributed by atoms with E-state index in [1.807, 2.05) is 6.07 Å². The maximum atomic E-state index is 12.2. The zero-order valence-corrected chi connectivity index (χ0v) is 12.0. The van der Waals surface area contributed by atoms with Crippen LogP contribution in [-0.2, 0) is 4.79 Å². The van der Waals surface area contributed by atoms with Gasteiger partial charge in [0.25, 0.3) is 0 Å². The minimum Gasteiger partial charge on any atom is -0.454 e. The van der Waals surface area contributed by atoms with Gasteiger partial charge in [-0.2, -0.15) is 5.10 Å². The number of amides is 1. The zero-order valence-electron chi connectivity index (χ0n) is 12.0. The molecule has 108 valence electrons. The van der Waals surface area contributed by atoms with E-state index in [0.717, 1.165) is 19.3 Å². The molecule has 0 saturated heterocycles. The van der Waals surface area contributed by atoms with Crippen molar-refractivity contribution < 1.29 is 14.3 Å². The third-order valence-corrected chi connectivity index (χ3v) is 3.06. The quantitative estimate of drug-likeness (QED) is 0.455. The highest BCUT2D eigenvalue weighted by molar-refractivity contribution is 5.94. The fourth-order valence-corrected chi connectivity index (χ4v) is 2.04. The number of benzene rings is 1. The number of ether oxygens (including phenoxy) is 2. The first-order chi connectivity index (χ1) is 9.76. The maximum Gasteiger partial charge on any atom is 0.247 e. The standard InChI is InChI=1S/C15H20N2O3/c1-3-5-6-7-15(18)17(16-4-2)12-8-9-13-14(10-12)20-11-19-13/h4,8-10H,3,5-7,11H2,1-2H3. The van der Waals surface area contributed by atoms with E-state index >= 15 is 0 Å². The van der Waals surface area contributed by atoms with Crippen LogP contribution < -0.4 is 14.5 Å². The number of unbranched alkanes of at least 4 members (excludes halogenated alkanes) is 2. The predicted molar refractivity (Wildman–Crippen MR) is 78.4 cm³/mol. The van der Waals surface area contributed by atoms with Gasteiger partial charge in [0.2, 0.25) is 12.7 Å². The highest BCUT2D eigenvalue weighted by Gasteiger charge is 2.19. The van der Waals surface area contributed by atoms with Gasteiger partial charge >= 0.3 is 0 Å². The van der Waals surface area contributed by atoms with E-state index in [2.05, 4.69) is 12.0 Å². The van der Waals surface area contributed by atoms with Crippen molar-refractivity contribution >= 4 is 17.8 Å². The summed E-state index contributed by atoms with van der Waals surface area (Å²) in [7, 11) is 0. The average molecular weight is 276 g/mol. The molecule has 1 aromatic rings. The molecule has 1 aromatic carbocycles. The number of hydrazone groups is 1. The van der Waals surface area contributed by atoms with Crippen molar-refractivity contribution in [3.05, 3.63) is 18.2 Å². The largest absolute Gasteiger partial charge is 0.454 e. The highest BCUT2D eigenvalue weighted by atomic mass is 16.7. The zero-order chi connectivity index (χ0) is 14.4. The maximum absolute atomic E-state index is 12.2. The molecule has 0 radical (unpaired) electrons. The van der Waals surface area contributed by atoms with Crippen LogP contribution >= 0.6 is 0 Å². The summed E-state index contributed by atoms with van der Waals surface area (Å²) >= 11 is 0. The molecule has 2 rings (SSSR count). The van der Waals surface area contributed by atoms with Gasteiger partial charge in [-0.1, -0.05) is 19.8 Å². The molecule has 0 aromatic heterocycles. The van der Waals surface area contributed by atoms with E-state index in [1.165, 1.54) is 5.01 Å². The Hall–Kier alpha value is -2.04. The fraction of sp³-hybridized carbons (Fsp3) is 0.467. The van der Waals surface area contributed by atoms with E-state index in [-0.39, 0.29) is 12.7 Å². The van der Waals surface area contributed by atoms with Crippen LogP contribution in [-0.4, -0.2) is 18.9 Å². The molecule has 0 saturated carbocycles. The lowest BCUT2D eigenvalue weighted by Crippen LogP contribution is -2.25. The second-order valence-electron chi connectivity index (χ2n) is 4.57. The number of rotatable bonds is 6. The summed E-state index contributed by atoms with van der Waals surface area (Å²) in [5.74, 6) is 1.35. The fourth-order valence-electron chi connectivity index (χ4n) is 2.04. The molecule has 0 bridgehead atoms. The van der Waals surface area contributed by atoms with Crippen LogP contribution in [0.1, 0.15) is 39.5 Å². The monoisotopic (exact) mass is 276 g/mol. The average Bonchev–Trinajstić information content (AvgIpc) is 2.92. The third kappa shape index (κ3) is 3.29. The second-order valence-corrected chi connectivity index (χ2v) is 4.57. The van der Waals surface area contributed by atoms with E-state index < -0.39 is 0 Å².